The molecule has 1 saturated heterocycles. The number of likely N-dealkylation sites (tertiary alicyclic amines) is 1. The fourth-order valence-corrected chi connectivity index (χ4v) is 4.31. The molecule has 2 atom stereocenters. The van der Waals surface area contributed by atoms with E-state index in [-0.39, 0.29) is 22.9 Å². The molecule has 0 N–H and O–H groups in total. The van der Waals surface area contributed by atoms with Crippen LogP contribution in [0.1, 0.15) is 33.6 Å². The number of rotatable bonds is 4. The van der Waals surface area contributed by atoms with Crippen molar-refractivity contribution in [3.63, 3.8) is 0 Å². The standard InChI is InChI=1S/C18H23N3O6S/c1-18(2,3)27-17(22)20-8-4-5-12(10-20)11-28(25)16-19-14-9-13(21(23)24)6-7-15(14)26-16/h6-7,9,12H,4-5,8,10-11H2,1-3H3. The summed E-state index contributed by atoms with van der Waals surface area (Å²) in [5.74, 6) is 0.334. The van der Waals surface area contributed by atoms with Crippen molar-refractivity contribution >= 4 is 33.7 Å². The van der Waals surface area contributed by atoms with Crippen LogP contribution < -0.4 is 0 Å². The van der Waals surface area contributed by atoms with Crippen LogP contribution in [0.3, 0.4) is 0 Å². The van der Waals surface area contributed by atoms with Gasteiger partial charge in [-0.1, -0.05) is 0 Å². The number of hydrogen-bond acceptors (Lipinski definition) is 7. The van der Waals surface area contributed by atoms with E-state index in [1.54, 1.807) is 4.90 Å². The Balaban J connectivity index is 1.66. The average molecular weight is 409 g/mol. The summed E-state index contributed by atoms with van der Waals surface area (Å²) in [5, 5.41) is 10.9. The van der Waals surface area contributed by atoms with E-state index in [4.69, 9.17) is 9.15 Å². The molecule has 1 aromatic carbocycles. The van der Waals surface area contributed by atoms with Crippen molar-refractivity contribution in [1.29, 1.82) is 0 Å². The summed E-state index contributed by atoms with van der Waals surface area (Å²) in [6.07, 6.45) is 1.29. The Bertz CT molecular complexity index is 920. The molecule has 152 valence electrons. The number of aromatic nitrogens is 1. The lowest BCUT2D eigenvalue weighted by Gasteiger charge is -2.33. The number of oxazole rings is 1. The summed E-state index contributed by atoms with van der Waals surface area (Å²) < 4.78 is 23.6. The van der Waals surface area contributed by atoms with E-state index in [1.807, 2.05) is 20.8 Å². The molecule has 9 nitrogen and oxygen atoms in total. The summed E-state index contributed by atoms with van der Waals surface area (Å²) in [6.45, 7) is 6.54. The molecule has 3 rings (SSSR count). The number of benzene rings is 1. The third-order valence-electron chi connectivity index (χ3n) is 4.31. The minimum Gasteiger partial charge on any atom is -0.444 e. The number of hydrogen-bond donors (Lipinski definition) is 0. The molecule has 0 saturated carbocycles. The molecular weight excluding hydrogens is 386 g/mol. The number of piperidine rings is 1. The van der Waals surface area contributed by atoms with Crippen LogP contribution in [0.15, 0.2) is 27.8 Å². The Morgan fingerprint density at radius 2 is 2.21 bits per heavy atom. The van der Waals surface area contributed by atoms with Gasteiger partial charge in [-0.05, 0) is 45.6 Å². The van der Waals surface area contributed by atoms with E-state index in [9.17, 15) is 19.1 Å². The number of carbonyl (C=O) groups is 1. The van der Waals surface area contributed by atoms with Crippen LogP contribution in [0.4, 0.5) is 10.5 Å². The van der Waals surface area contributed by atoms with Gasteiger partial charge in [0, 0.05) is 31.0 Å². The van der Waals surface area contributed by atoms with Crippen LogP contribution in [0.2, 0.25) is 0 Å². The molecule has 1 aliphatic heterocycles. The second kappa shape index (κ2) is 7.86. The van der Waals surface area contributed by atoms with Gasteiger partial charge >= 0.3 is 6.09 Å². The summed E-state index contributed by atoms with van der Waals surface area (Å²) in [7, 11) is -1.50. The minimum absolute atomic E-state index is 0.0338. The first kappa shape index (κ1) is 20.2. The lowest BCUT2D eigenvalue weighted by molar-refractivity contribution is -0.384. The van der Waals surface area contributed by atoms with Crippen molar-refractivity contribution < 1.29 is 23.1 Å². The topological polar surface area (TPSA) is 116 Å². The first-order chi connectivity index (χ1) is 13.1. The molecular formula is C18H23N3O6S. The number of nitrogens with zero attached hydrogens (tertiary/aromatic N) is 3. The molecule has 0 spiro atoms. The van der Waals surface area contributed by atoms with Gasteiger partial charge < -0.3 is 14.1 Å². The van der Waals surface area contributed by atoms with Crippen molar-refractivity contribution in [2.24, 2.45) is 5.92 Å². The molecule has 0 bridgehead atoms. The predicted molar refractivity (Wildman–Crippen MR) is 102 cm³/mol. The van der Waals surface area contributed by atoms with Gasteiger partial charge in [-0.2, -0.15) is 0 Å². The van der Waals surface area contributed by atoms with Gasteiger partial charge in [0.1, 0.15) is 21.9 Å². The monoisotopic (exact) mass is 409 g/mol. The Hall–Kier alpha value is -2.49. The number of amides is 1. The number of carbonyl (C=O) groups excluding carboxylic acids is 1. The second-order valence-electron chi connectivity index (χ2n) is 7.84. The molecule has 2 aromatic rings. The van der Waals surface area contributed by atoms with Crippen molar-refractivity contribution in [3.05, 3.63) is 28.3 Å². The summed E-state index contributed by atoms with van der Waals surface area (Å²) in [6, 6.07) is 4.07. The zero-order chi connectivity index (χ0) is 20.5. The van der Waals surface area contributed by atoms with Gasteiger partial charge in [-0.3, -0.25) is 10.1 Å². The van der Waals surface area contributed by atoms with E-state index in [1.165, 1.54) is 18.2 Å². The van der Waals surface area contributed by atoms with Crippen LogP contribution in [0.5, 0.6) is 0 Å². The normalized spacial score (nSPS) is 18.8. The van der Waals surface area contributed by atoms with Crippen molar-refractivity contribution in [2.45, 2.75) is 44.4 Å². The van der Waals surface area contributed by atoms with Gasteiger partial charge in [0.2, 0.25) is 0 Å². The lowest BCUT2D eigenvalue weighted by Crippen LogP contribution is -2.43. The van der Waals surface area contributed by atoms with Crippen LogP contribution in [-0.4, -0.2) is 49.6 Å². The maximum atomic E-state index is 12.7. The van der Waals surface area contributed by atoms with E-state index in [0.717, 1.165) is 12.8 Å². The Morgan fingerprint density at radius 3 is 2.89 bits per heavy atom. The molecule has 1 fully saturated rings. The Kier molecular flexibility index (Phi) is 5.69. The number of non-ortho nitro benzene ring substituents is 1. The third kappa shape index (κ3) is 4.86. The molecule has 1 aliphatic rings. The molecule has 0 aliphatic carbocycles. The van der Waals surface area contributed by atoms with Gasteiger partial charge in [0.25, 0.3) is 10.9 Å². The van der Waals surface area contributed by atoms with E-state index in [0.29, 0.717) is 29.9 Å². The number of fused-ring (bicyclic) bond motifs is 1. The molecule has 1 amide bonds. The van der Waals surface area contributed by atoms with Crippen LogP contribution in [-0.2, 0) is 15.5 Å². The fourth-order valence-electron chi connectivity index (χ4n) is 3.08. The smallest absolute Gasteiger partial charge is 0.410 e. The van der Waals surface area contributed by atoms with E-state index < -0.39 is 21.3 Å². The molecule has 28 heavy (non-hydrogen) atoms. The number of nitro benzene ring substituents is 1. The zero-order valence-electron chi connectivity index (χ0n) is 16.0. The highest BCUT2D eigenvalue weighted by Gasteiger charge is 2.29. The van der Waals surface area contributed by atoms with Crippen molar-refractivity contribution in [1.82, 2.24) is 9.88 Å². The average Bonchev–Trinajstić information content (AvgIpc) is 3.04. The zero-order valence-corrected chi connectivity index (χ0v) is 16.9. The van der Waals surface area contributed by atoms with Crippen molar-refractivity contribution in [3.8, 4) is 0 Å². The van der Waals surface area contributed by atoms with Crippen LogP contribution in [0, 0.1) is 16.0 Å². The van der Waals surface area contributed by atoms with Crippen LogP contribution >= 0.6 is 0 Å². The quantitative estimate of drug-likeness (QED) is 0.560. The Labute approximate surface area is 164 Å². The van der Waals surface area contributed by atoms with Crippen LogP contribution in [0.25, 0.3) is 11.1 Å². The molecule has 1 aromatic heterocycles. The summed E-state index contributed by atoms with van der Waals surface area (Å²) in [4.78, 5) is 28.4. The van der Waals surface area contributed by atoms with E-state index in [2.05, 4.69) is 4.98 Å². The summed E-state index contributed by atoms with van der Waals surface area (Å²) >= 11 is 0. The second-order valence-corrected chi connectivity index (χ2v) is 9.21. The van der Waals surface area contributed by atoms with Gasteiger partial charge in [0.05, 0.1) is 4.92 Å². The molecule has 10 heteroatoms. The maximum Gasteiger partial charge on any atom is 0.410 e. The highest BCUT2D eigenvalue weighted by molar-refractivity contribution is 7.84. The predicted octanol–water partition coefficient (Wildman–Crippen LogP) is 3.49. The summed E-state index contributed by atoms with van der Waals surface area (Å²) in [5.41, 5.74) is -0.00355. The first-order valence-electron chi connectivity index (χ1n) is 9.03. The highest BCUT2D eigenvalue weighted by atomic mass is 32.2. The number of ether oxygens (including phenoxy) is 1. The van der Waals surface area contributed by atoms with Gasteiger partial charge in [-0.15, -0.1) is 0 Å². The SMILES string of the molecule is CC(C)(C)OC(=O)N1CCCC(CS(=O)c2nc3cc([N+](=O)[O-])ccc3o2)C1. The number of nitro groups is 1. The van der Waals surface area contributed by atoms with E-state index >= 15 is 0 Å². The maximum absolute atomic E-state index is 12.7. The molecule has 0 radical (unpaired) electrons. The molecule has 2 unspecified atom stereocenters. The minimum atomic E-state index is -1.50. The highest BCUT2D eigenvalue weighted by Crippen LogP contribution is 2.25. The first-order valence-corrected chi connectivity index (χ1v) is 10.4. The van der Waals surface area contributed by atoms with Crippen molar-refractivity contribution in [2.75, 3.05) is 18.8 Å². The van der Waals surface area contributed by atoms with Gasteiger partial charge in [-0.25, -0.2) is 14.0 Å². The fraction of sp³-hybridized carbons (Fsp3) is 0.556. The lowest BCUT2D eigenvalue weighted by atomic mass is 10.0. The third-order valence-corrected chi connectivity index (χ3v) is 5.65. The largest absolute Gasteiger partial charge is 0.444 e. The van der Waals surface area contributed by atoms with Gasteiger partial charge in [0.15, 0.2) is 5.58 Å². The Morgan fingerprint density at radius 1 is 1.46 bits per heavy atom. The molecule has 2 heterocycles.